The Balaban J connectivity index is 1.91. The fourth-order valence-electron chi connectivity index (χ4n) is 1.99. The first-order valence-electron chi connectivity index (χ1n) is 3.71. The quantitative estimate of drug-likeness (QED) is 0.547. The summed E-state index contributed by atoms with van der Waals surface area (Å²) < 4.78 is 5.30. The van der Waals surface area contributed by atoms with Crippen molar-refractivity contribution in [2.75, 3.05) is 19.8 Å². The van der Waals surface area contributed by atoms with E-state index in [9.17, 15) is 0 Å². The van der Waals surface area contributed by atoms with Crippen LogP contribution < -0.4 is 5.73 Å². The summed E-state index contributed by atoms with van der Waals surface area (Å²) in [5.74, 6) is 2.58. The Morgan fingerprint density at radius 1 is 1.44 bits per heavy atom. The SMILES string of the molecule is NC[C@@H]1[C@H]2CCOC[C@@H]12. The number of fused-ring (bicyclic) bond motifs is 1. The molecule has 0 aromatic rings. The monoisotopic (exact) mass is 127 g/mol. The molecule has 1 aliphatic carbocycles. The van der Waals surface area contributed by atoms with Gasteiger partial charge in [0.1, 0.15) is 0 Å². The summed E-state index contributed by atoms with van der Waals surface area (Å²) in [7, 11) is 0. The normalized spacial score (nSPS) is 48.3. The van der Waals surface area contributed by atoms with Gasteiger partial charge in [0.15, 0.2) is 0 Å². The Morgan fingerprint density at radius 3 is 2.89 bits per heavy atom. The van der Waals surface area contributed by atoms with Gasteiger partial charge in [-0.15, -0.1) is 0 Å². The Bertz CT molecular complexity index is 96.7. The molecule has 2 fully saturated rings. The fraction of sp³-hybridized carbons (Fsp3) is 1.00. The smallest absolute Gasteiger partial charge is 0.0500 e. The van der Waals surface area contributed by atoms with Crippen molar-refractivity contribution in [2.45, 2.75) is 6.42 Å². The molecule has 1 aliphatic heterocycles. The van der Waals surface area contributed by atoms with Gasteiger partial charge in [0, 0.05) is 13.2 Å². The second-order valence-electron chi connectivity index (χ2n) is 3.09. The summed E-state index contributed by atoms with van der Waals surface area (Å²) >= 11 is 0. The third-order valence-electron chi connectivity index (χ3n) is 2.69. The Kier molecular flexibility index (Phi) is 1.24. The first-order valence-corrected chi connectivity index (χ1v) is 3.71. The van der Waals surface area contributed by atoms with Crippen molar-refractivity contribution in [3.8, 4) is 0 Å². The van der Waals surface area contributed by atoms with Gasteiger partial charge in [-0.1, -0.05) is 0 Å². The van der Waals surface area contributed by atoms with E-state index in [-0.39, 0.29) is 0 Å². The summed E-state index contributed by atoms with van der Waals surface area (Å²) in [6.45, 7) is 2.82. The highest BCUT2D eigenvalue weighted by atomic mass is 16.5. The number of ether oxygens (including phenoxy) is 1. The fourth-order valence-corrected chi connectivity index (χ4v) is 1.99. The molecular formula is C7H13NO. The van der Waals surface area contributed by atoms with E-state index in [0.717, 1.165) is 37.5 Å². The van der Waals surface area contributed by atoms with E-state index in [1.807, 2.05) is 0 Å². The topological polar surface area (TPSA) is 35.2 Å². The van der Waals surface area contributed by atoms with Gasteiger partial charge in [0.2, 0.25) is 0 Å². The molecule has 0 spiro atoms. The average Bonchev–Trinajstić information content (AvgIpc) is 2.60. The van der Waals surface area contributed by atoms with Crippen molar-refractivity contribution in [1.29, 1.82) is 0 Å². The highest BCUT2D eigenvalue weighted by Gasteiger charge is 2.50. The van der Waals surface area contributed by atoms with Crippen LogP contribution in [0.15, 0.2) is 0 Å². The molecule has 1 saturated heterocycles. The molecule has 2 heteroatoms. The predicted octanol–water partition coefficient (Wildman–Crippen LogP) is 0.228. The third kappa shape index (κ3) is 0.775. The highest BCUT2D eigenvalue weighted by molar-refractivity contribution is 4.98. The van der Waals surface area contributed by atoms with E-state index < -0.39 is 0 Å². The minimum Gasteiger partial charge on any atom is -0.381 e. The van der Waals surface area contributed by atoms with Gasteiger partial charge in [-0.05, 0) is 30.7 Å². The largest absolute Gasteiger partial charge is 0.381 e. The lowest BCUT2D eigenvalue weighted by Crippen LogP contribution is -2.07. The molecule has 2 aliphatic rings. The molecule has 1 saturated carbocycles. The standard InChI is InChI=1S/C7H13NO/c8-3-6-5-1-2-9-4-7(5)6/h5-7H,1-4,8H2/t5-,6-,7-/m1/s1. The van der Waals surface area contributed by atoms with Crippen LogP contribution in [-0.4, -0.2) is 19.8 Å². The molecule has 0 unspecified atom stereocenters. The maximum absolute atomic E-state index is 5.54. The van der Waals surface area contributed by atoms with E-state index in [4.69, 9.17) is 10.5 Å². The summed E-state index contributed by atoms with van der Waals surface area (Å²) in [6, 6.07) is 0. The zero-order chi connectivity index (χ0) is 6.27. The Morgan fingerprint density at radius 2 is 2.33 bits per heavy atom. The van der Waals surface area contributed by atoms with Crippen LogP contribution in [0.5, 0.6) is 0 Å². The van der Waals surface area contributed by atoms with Gasteiger partial charge in [0.25, 0.3) is 0 Å². The van der Waals surface area contributed by atoms with E-state index >= 15 is 0 Å². The minimum absolute atomic E-state index is 0.812. The lowest BCUT2D eigenvalue weighted by molar-refractivity contribution is 0.0885. The molecule has 0 aromatic carbocycles. The first-order chi connectivity index (χ1) is 4.43. The third-order valence-corrected chi connectivity index (χ3v) is 2.69. The molecule has 3 atom stereocenters. The minimum atomic E-state index is 0.812. The molecule has 9 heavy (non-hydrogen) atoms. The van der Waals surface area contributed by atoms with Crippen LogP contribution in [0.4, 0.5) is 0 Å². The van der Waals surface area contributed by atoms with Crippen molar-refractivity contribution < 1.29 is 4.74 Å². The zero-order valence-corrected chi connectivity index (χ0v) is 5.55. The second-order valence-corrected chi connectivity index (χ2v) is 3.09. The molecule has 2 rings (SSSR count). The number of hydrogen-bond acceptors (Lipinski definition) is 2. The van der Waals surface area contributed by atoms with Crippen molar-refractivity contribution in [1.82, 2.24) is 0 Å². The first kappa shape index (κ1) is 5.69. The summed E-state index contributed by atoms with van der Waals surface area (Å²) in [5.41, 5.74) is 5.54. The van der Waals surface area contributed by atoms with E-state index in [0.29, 0.717) is 0 Å². The zero-order valence-electron chi connectivity index (χ0n) is 5.55. The van der Waals surface area contributed by atoms with Crippen molar-refractivity contribution >= 4 is 0 Å². The molecule has 2 nitrogen and oxygen atoms in total. The summed E-state index contributed by atoms with van der Waals surface area (Å²) in [5, 5.41) is 0. The molecule has 0 aromatic heterocycles. The van der Waals surface area contributed by atoms with E-state index in [1.165, 1.54) is 6.42 Å². The van der Waals surface area contributed by atoms with Crippen LogP contribution in [0.2, 0.25) is 0 Å². The summed E-state index contributed by atoms with van der Waals surface area (Å²) in [6.07, 6.45) is 1.26. The highest BCUT2D eigenvalue weighted by Crippen LogP contribution is 2.49. The van der Waals surface area contributed by atoms with Gasteiger partial charge in [-0.3, -0.25) is 0 Å². The lowest BCUT2D eigenvalue weighted by atomic mass is 10.2. The van der Waals surface area contributed by atoms with E-state index in [2.05, 4.69) is 0 Å². The lowest BCUT2D eigenvalue weighted by Gasteiger charge is -2.07. The predicted molar refractivity (Wildman–Crippen MR) is 35.0 cm³/mol. The van der Waals surface area contributed by atoms with Crippen molar-refractivity contribution in [2.24, 2.45) is 23.5 Å². The number of nitrogens with two attached hydrogens (primary N) is 1. The average molecular weight is 127 g/mol. The maximum atomic E-state index is 5.54. The molecule has 1 heterocycles. The van der Waals surface area contributed by atoms with Crippen molar-refractivity contribution in [3.05, 3.63) is 0 Å². The Labute approximate surface area is 55.4 Å². The molecule has 2 N–H and O–H groups in total. The van der Waals surface area contributed by atoms with Crippen LogP contribution in [0.25, 0.3) is 0 Å². The molecule has 52 valence electrons. The maximum Gasteiger partial charge on any atom is 0.0500 e. The van der Waals surface area contributed by atoms with Gasteiger partial charge in [-0.2, -0.15) is 0 Å². The van der Waals surface area contributed by atoms with Crippen LogP contribution in [0, 0.1) is 17.8 Å². The molecular weight excluding hydrogens is 114 g/mol. The molecule has 0 bridgehead atoms. The van der Waals surface area contributed by atoms with E-state index in [1.54, 1.807) is 0 Å². The number of hydrogen-bond donors (Lipinski definition) is 1. The molecule has 0 amide bonds. The van der Waals surface area contributed by atoms with Gasteiger partial charge >= 0.3 is 0 Å². The second kappa shape index (κ2) is 1.96. The Hall–Kier alpha value is -0.0800. The van der Waals surface area contributed by atoms with Crippen LogP contribution in [-0.2, 0) is 4.74 Å². The van der Waals surface area contributed by atoms with Crippen LogP contribution >= 0.6 is 0 Å². The van der Waals surface area contributed by atoms with Crippen LogP contribution in [0.3, 0.4) is 0 Å². The van der Waals surface area contributed by atoms with Gasteiger partial charge < -0.3 is 10.5 Å². The van der Waals surface area contributed by atoms with Crippen LogP contribution in [0.1, 0.15) is 6.42 Å². The van der Waals surface area contributed by atoms with Crippen molar-refractivity contribution in [3.63, 3.8) is 0 Å². The molecule has 0 radical (unpaired) electrons. The summed E-state index contributed by atoms with van der Waals surface area (Å²) in [4.78, 5) is 0. The van der Waals surface area contributed by atoms with Gasteiger partial charge in [-0.25, -0.2) is 0 Å². The van der Waals surface area contributed by atoms with Gasteiger partial charge in [0.05, 0.1) is 0 Å². The number of rotatable bonds is 1.